The van der Waals surface area contributed by atoms with Crippen LogP contribution in [0, 0.1) is 10.5 Å². The van der Waals surface area contributed by atoms with Crippen LogP contribution in [0.5, 0.6) is 11.5 Å². The number of fused-ring (bicyclic) bond motifs is 1. The van der Waals surface area contributed by atoms with Gasteiger partial charge in [-0.1, -0.05) is 12.8 Å². The Morgan fingerprint density at radius 1 is 0.960 bits per heavy atom. The Kier molecular flexibility index (Phi) is 12.5. The number of aryl methyl sites for hydroxylation is 1. The number of halogens is 1. The van der Waals surface area contributed by atoms with E-state index < -0.39 is 22.0 Å². The molecule has 3 aromatic carbocycles. The van der Waals surface area contributed by atoms with E-state index in [2.05, 4.69) is 43.5 Å². The number of nitrogens with zero attached hydrogens (tertiary/aromatic N) is 2. The lowest BCUT2D eigenvalue weighted by Gasteiger charge is -2.28. The van der Waals surface area contributed by atoms with Gasteiger partial charge in [0.1, 0.15) is 11.5 Å². The van der Waals surface area contributed by atoms with Crippen molar-refractivity contribution >= 4 is 66.7 Å². The molecular weight excluding hydrogens is 773 g/mol. The first-order valence-electron chi connectivity index (χ1n) is 16.4. The van der Waals surface area contributed by atoms with E-state index in [4.69, 9.17) is 9.47 Å². The molecule has 1 aliphatic rings. The van der Waals surface area contributed by atoms with Gasteiger partial charge in [0.05, 0.1) is 42.5 Å². The van der Waals surface area contributed by atoms with Crippen molar-refractivity contribution in [2.24, 2.45) is 0 Å². The molecule has 4 aromatic rings. The van der Waals surface area contributed by atoms with Gasteiger partial charge in [0.25, 0.3) is 5.91 Å². The van der Waals surface area contributed by atoms with Crippen LogP contribution in [-0.4, -0.2) is 80.6 Å². The summed E-state index contributed by atoms with van der Waals surface area (Å²) in [6.45, 7) is 2.16. The van der Waals surface area contributed by atoms with E-state index in [1.165, 1.54) is 36.7 Å². The standard InChI is InChI=1S/C36H42IN5O7S/c1-23-20-32(28-22-25(37)9-15-29(28)39-23)38-17-19-42(50(46,47)27-12-10-26(48-2)11-13-27)18-16-35(44)40-31-14-8-24(21-34(31)49-3)36(45)41-30-6-4-5-7-33(30)43/h8-15,20-22,30,33,43H,4-7,16-19H2,1-3H3,(H,38,39)(H,40,44)(H,41,45)/t30?,33-/m0/s1. The van der Waals surface area contributed by atoms with Gasteiger partial charge in [-0.15, -0.1) is 0 Å². The normalized spacial score (nSPS) is 16.2. The molecule has 5 rings (SSSR count). The Morgan fingerprint density at radius 2 is 1.72 bits per heavy atom. The number of anilines is 2. The molecule has 0 aliphatic heterocycles. The lowest BCUT2D eigenvalue weighted by atomic mass is 9.92. The van der Waals surface area contributed by atoms with Gasteiger partial charge in [-0.3, -0.25) is 14.6 Å². The van der Waals surface area contributed by atoms with Crippen molar-refractivity contribution in [2.45, 2.75) is 56.1 Å². The second-order valence-corrected chi connectivity index (χ2v) is 15.3. The number of carbonyl (C=O) groups is 2. The number of rotatable bonds is 14. The maximum Gasteiger partial charge on any atom is 0.251 e. The first-order chi connectivity index (χ1) is 24.0. The van der Waals surface area contributed by atoms with Crippen LogP contribution in [0.15, 0.2) is 71.6 Å². The molecule has 0 spiro atoms. The third-order valence-electron chi connectivity index (χ3n) is 8.64. The summed E-state index contributed by atoms with van der Waals surface area (Å²) in [4.78, 5) is 30.8. The first kappa shape index (κ1) is 37.3. The van der Waals surface area contributed by atoms with E-state index in [9.17, 15) is 23.1 Å². The largest absolute Gasteiger partial charge is 0.497 e. The van der Waals surface area contributed by atoms with Crippen molar-refractivity contribution in [2.75, 3.05) is 44.5 Å². The minimum Gasteiger partial charge on any atom is -0.497 e. The molecule has 266 valence electrons. The van der Waals surface area contributed by atoms with Crippen LogP contribution in [0.2, 0.25) is 0 Å². The Hall–Kier alpha value is -3.99. The van der Waals surface area contributed by atoms with Gasteiger partial charge in [0.15, 0.2) is 0 Å². The predicted octanol–water partition coefficient (Wildman–Crippen LogP) is 5.33. The average molecular weight is 816 g/mol. The number of carbonyl (C=O) groups excluding carboxylic acids is 2. The molecule has 2 amide bonds. The van der Waals surface area contributed by atoms with Crippen LogP contribution in [-0.2, 0) is 14.8 Å². The number of aromatic nitrogens is 1. The fourth-order valence-corrected chi connectivity index (χ4v) is 7.88. The number of amides is 2. The average Bonchev–Trinajstić information content (AvgIpc) is 3.10. The van der Waals surface area contributed by atoms with E-state index in [1.54, 1.807) is 24.3 Å². The maximum atomic E-state index is 13.9. The number of pyridine rings is 1. The van der Waals surface area contributed by atoms with Crippen LogP contribution in [0.1, 0.15) is 48.2 Å². The summed E-state index contributed by atoms with van der Waals surface area (Å²) in [5.74, 6) is 0.0237. The molecule has 0 radical (unpaired) electrons. The van der Waals surface area contributed by atoms with Gasteiger partial charge >= 0.3 is 0 Å². The van der Waals surface area contributed by atoms with Gasteiger partial charge < -0.3 is 30.5 Å². The van der Waals surface area contributed by atoms with Crippen molar-refractivity contribution in [1.82, 2.24) is 14.6 Å². The summed E-state index contributed by atoms with van der Waals surface area (Å²) >= 11 is 2.24. The summed E-state index contributed by atoms with van der Waals surface area (Å²) in [5, 5.41) is 20.2. The third-order valence-corrected chi connectivity index (χ3v) is 11.2. The molecule has 12 nitrogen and oxygen atoms in total. The molecule has 14 heteroatoms. The van der Waals surface area contributed by atoms with Crippen molar-refractivity contribution < 1.29 is 32.6 Å². The van der Waals surface area contributed by atoms with E-state index in [-0.39, 0.29) is 48.6 Å². The topological polar surface area (TPSA) is 159 Å². The van der Waals surface area contributed by atoms with Crippen LogP contribution in [0.25, 0.3) is 10.9 Å². The number of nitrogens with one attached hydrogen (secondary N) is 3. The monoisotopic (exact) mass is 815 g/mol. The van der Waals surface area contributed by atoms with E-state index in [0.717, 1.165) is 38.7 Å². The molecule has 0 bridgehead atoms. The molecule has 0 saturated heterocycles. The number of benzene rings is 3. The fourth-order valence-electron chi connectivity index (χ4n) is 5.95. The number of aliphatic hydroxyl groups excluding tert-OH is 1. The lowest BCUT2D eigenvalue weighted by molar-refractivity contribution is -0.116. The molecule has 50 heavy (non-hydrogen) atoms. The van der Waals surface area contributed by atoms with Gasteiger partial charge in [-0.2, -0.15) is 4.31 Å². The van der Waals surface area contributed by atoms with Crippen LogP contribution in [0.4, 0.5) is 11.4 Å². The second kappa shape index (κ2) is 16.8. The Bertz CT molecular complexity index is 1940. The number of hydrogen-bond acceptors (Lipinski definition) is 9. The highest BCUT2D eigenvalue weighted by Gasteiger charge is 2.27. The van der Waals surface area contributed by atoms with Crippen molar-refractivity contribution in [3.05, 3.63) is 81.6 Å². The summed E-state index contributed by atoms with van der Waals surface area (Å²) in [5.41, 5.74) is 3.16. The van der Waals surface area contributed by atoms with E-state index in [0.29, 0.717) is 29.8 Å². The van der Waals surface area contributed by atoms with Gasteiger partial charge in [-0.25, -0.2) is 8.42 Å². The molecule has 1 saturated carbocycles. The molecule has 1 aromatic heterocycles. The molecular formula is C36H42IN5O7S. The zero-order chi connectivity index (χ0) is 35.8. The van der Waals surface area contributed by atoms with Gasteiger partial charge in [-0.05, 0) is 109 Å². The predicted molar refractivity (Wildman–Crippen MR) is 201 cm³/mol. The van der Waals surface area contributed by atoms with Gasteiger partial charge in [0.2, 0.25) is 15.9 Å². The summed E-state index contributed by atoms with van der Waals surface area (Å²) < 4.78 is 40.7. The Morgan fingerprint density at radius 3 is 2.44 bits per heavy atom. The molecule has 4 N–H and O–H groups in total. The highest BCUT2D eigenvalue weighted by molar-refractivity contribution is 14.1. The van der Waals surface area contributed by atoms with Crippen molar-refractivity contribution in [1.29, 1.82) is 0 Å². The number of aliphatic hydroxyl groups is 1. The van der Waals surface area contributed by atoms with Crippen molar-refractivity contribution in [3.8, 4) is 11.5 Å². The minimum atomic E-state index is -3.99. The second-order valence-electron chi connectivity index (χ2n) is 12.1. The summed E-state index contributed by atoms with van der Waals surface area (Å²) in [6.07, 6.45) is 2.50. The molecule has 1 aliphatic carbocycles. The van der Waals surface area contributed by atoms with E-state index >= 15 is 0 Å². The summed E-state index contributed by atoms with van der Waals surface area (Å²) in [7, 11) is -1.06. The van der Waals surface area contributed by atoms with Crippen LogP contribution < -0.4 is 25.4 Å². The molecule has 1 fully saturated rings. The van der Waals surface area contributed by atoms with Gasteiger partial charge in [0, 0.05) is 52.0 Å². The number of methoxy groups -OCH3 is 2. The SMILES string of the molecule is COc1ccc(S(=O)(=O)N(CCNc2cc(C)nc3ccc(I)cc23)CCC(=O)Nc2ccc(C(=O)NC3CCCC[C@@H]3O)cc2OC)cc1. The zero-order valence-electron chi connectivity index (χ0n) is 28.2. The zero-order valence-corrected chi connectivity index (χ0v) is 31.2. The van der Waals surface area contributed by atoms with Crippen molar-refractivity contribution in [3.63, 3.8) is 0 Å². The lowest BCUT2D eigenvalue weighted by Crippen LogP contribution is -2.45. The number of ether oxygens (including phenoxy) is 2. The van der Waals surface area contributed by atoms with Crippen LogP contribution in [0.3, 0.4) is 0 Å². The third kappa shape index (κ3) is 9.21. The first-order valence-corrected chi connectivity index (χ1v) is 18.9. The fraction of sp³-hybridized carbons (Fsp3) is 0.361. The Labute approximate surface area is 306 Å². The molecule has 2 atom stereocenters. The molecule has 1 unspecified atom stereocenters. The Balaban J connectivity index is 1.28. The van der Waals surface area contributed by atoms with Crippen LogP contribution >= 0.6 is 22.6 Å². The highest BCUT2D eigenvalue weighted by atomic mass is 127. The number of sulfonamides is 1. The maximum absolute atomic E-state index is 13.9. The number of hydrogen-bond donors (Lipinski definition) is 4. The quantitative estimate of drug-likeness (QED) is 0.124. The summed E-state index contributed by atoms with van der Waals surface area (Å²) in [6, 6.07) is 18.4. The minimum absolute atomic E-state index is 0.0785. The molecule has 1 heterocycles. The highest BCUT2D eigenvalue weighted by Crippen LogP contribution is 2.28. The smallest absolute Gasteiger partial charge is 0.251 e. The van der Waals surface area contributed by atoms with E-state index in [1.807, 2.05) is 31.2 Å².